The van der Waals surface area contributed by atoms with Gasteiger partial charge < -0.3 is 10.4 Å². The van der Waals surface area contributed by atoms with Gasteiger partial charge in [-0.3, -0.25) is 4.79 Å². The van der Waals surface area contributed by atoms with Crippen molar-refractivity contribution < 1.29 is 9.90 Å². The van der Waals surface area contributed by atoms with Crippen LogP contribution in [0.4, 0.5) is 0 Å². The van der Waals surface area contributed by atoms with Crippen molar-refractivity contribution in [1.82, 2.24) is 5.32 Å². The molecule has 0 aromatic heterocycles. The van der Waals surface area contributed by atoms with Gasteiger partial charge in [0.2, 0.25) is 5.91 Å². The quantitative estimate of drug-likeness (QED) is 0.675. The molecule has 146 valence electrons. The van der Waals surface area contributed by atoms with E-state index >= 15 is 0 Å². The van der Waals surface area contributed by atoms with Gasteiger partial charge in [-0.15, -0.1) is 0 Å². The summed E-state index contributed by atoms with van der Waals surface area (Å²) in [6.45, 7) is 16.6. The lowest BCUT2D eigenvalue weighted by Crippen LogP contribution is -2.43. The van der Waals surface area contributed by atoms with Gasteiger partial charge in [0.15, 0.2) is 0 Å². The predicted molar refractivity (Wildman–Crippen MR) is 106 cm³/mol. The molecule has 0 spiro atoms. The van der Waals surface area contributed by atoms with Crippen LogP contribution >= 0.6 is 0 Å². The zero-order chi connectivity index (χ0) is 19.2. The summed E-state index contributed by atoms with van der Waals surface area (Å²) in [5.41, 5.74) is 0.455. The first-order chi connectivity index (χ1) is 11.5. The molecule has 24 heavy (non-hydrogen) atoms. The second kappa shape index (κ2) is 14.7. The van der Waals surface area contributed by atoms with E-state index in [0.29, 0.717) is 11.5 Å². The maximum absolute atomic E-state index is 12.1. The Hall–Kier alpha value is -0.570. The highest BCUT2D eigenvalue weighted by Crippen LogP contribution is 2.35. The number of aliphatic hydroxyl groups excluding tert-OH is 1. The van der Waals surface area contributed by atoms with Crippen LogP contribution in [0, 0.1) is 11.3 Å². The minimum Gasteiger partial charge on any atom is -0.393 e. The molecule has 2 aliphatic carbocycles. The first-order valence-electron chi connectivity index (χ1n) is 10.4. The van der Waals surface area contributed by atoms with Crippen molar-refractivity contribution in [3.63, 3.8) is 0 Å². The van der Waals surface area contributed by atoms with Gasteiger partial charge >= 0.3 is 0 Å². The summed E-state index contributed by atoms with van der Waals surface area (Å²) in [5, 5.41) is 12.7. The number of nitrogens with one attached hydrogen (secondary N) is 1. The number of hydrogen-bond acceptors (Lipinski definition) is 2. The Morgan fingerprint density at radius 3 is 1.67 bits per heavy atom. The van der Waals surface area contributed by atoms with Crippen molar-refractivity contribution in [2.45, 2.75) is 119 Å². The highest BCUT2D eigenvalue weighted by Gasteiger charge is 2.30. The summed E-state index contributed by atoms with van der Waals surface area (Å²) in [5.74, 6) is 0.370. The van der Waals surface area contributed by atoms with Crippen molar-refractivity contribution in [1.29, 1.82) is 0 Å². The van der Waals surface area contributed by atoms with Crippen molar-refractivity contribution in [3.05, 3.63) is 0 Å². The monoisotopic (exact) mass is 343 g/mol. The van der Waals surface area contributed by atoms with E-state index < -0.39 is 0 Å². The standard InChI is InChI=1S/C15H27NO2.3C2H6/c1-15(2)9-7-12(8-10-15)16-14(18)11-3-5-13(17)6-4-11;3*1-2/h11-13,17H,3-10H2,1-2H3,(H,16,18);3*1-2H3. The molecule has 3 nitrogen and oxygen atoms in total. The molecule has 0 aromatic rings. The summed E-state index contributed by atoms with van der Waals surface area (Å²) < 4.78 is 0. The van der Waals surface area contributed by atoms with E-state index in [4.69, 9.17) is 0 Å². The number of rotatable bonds is 2. The maximum atomic E-state index is 12.1. The van der Waals surface area contributed by atoms with Crippen LogP contribution in [0.5, 0.6) is 0 Å². The molecule has 0 unspecified atom stereocenters. The Bertz CT molecular complexity index is 284. The third-order valence-corrected chi connectivity index (χ3v) is 4.75. The van der Waals surface area contributed by atoms with E-state index in [1.807, 2.05) is 41.5 Å². The lowest BCUT2D eigenvalue weighted by atomic mass is 9.75. The molecule has 2 saturated carbocycles. The molecule has 2 aliphatic rings. The third kappa shape index (κ3) is 10.3. The van der Waals surface area contributed by atoms with Crippen molar-refractivity contribution in [2.24, 2.45) is 11.3 Å². The maximum Gasteiger partial charge on any atom is 0.223 e. The van der Waals surface area contributed by atoms with Crippen LogP contribution in [0.2, 0.25) is 0 Å². The van der Waals surface area contributed by atoms with Gasteiger partial charge in [-0.1, -0.05) is 55.4 Å². The Kier molecular flexibility index (Phi) is 15.8. The fourth-order valence-corrected chi connectivity index (χ4v) is 3.20. The minimum atomic E-state index is -0.176. The second-order valence-electron chi connectivity index (χ2n) is 6.95. The Balaban J connectivity index is 0. The molecule has 1 amide bonds. The number of carbonyl (C=O) groups excluding carboxylic acids is 1. The first kappa shape index (κ1) is 25.7. The SMILES string of the molecule is CC.CC.CC.CC1(C)CCC(NC(=O)C2CCC(O)CC2)CC1. The van der Waals surface area contributed by atoms with E-state index in [0.717, 1.165) is 38.5 Å². The number of aliphatic hydroxyl groups is 1. The molecule has 3 heteroatoms. The van der Waals surface area contributed by atoms with Crippen LogP contribution in [0.15, 0.2) is 0 Å². The second-order valence-corrected chi connectivity index (χ2v) is 6.95. The van der Waals surface area contributed by atoms with E-state index in [-0.39, 0.29) is 17.9 Å². The van der Waals surface area contributed by atoms with Gasteiger partial charge in [-0.25, -0.2) is 0 Å². The molecule has 2 fully saturated rings. The molecular formula is C21H45NO2. The Morgan fingerprint density at radius 2 is 1.25 bits per heavy atom. The van der Waals surface area contributed by atoms with Crippen molar-refractivity contribution in [2.75, 3.05) is 0 Å². The normalized spacial score (nSPS) is 25.5. The average molecular weight is 344 g/mol. The van der Waals surface area contributed by atoms with E-state index in [1.54, 1.807) is 0 Å². The lowest BCUT2D eigenvalue weighted by molar-refractivity contribution is -0.127. The van der Waals surface area contributed by atoms with Gasteiger partial charge in [0.1, 0.15) is 0 Å². The Labute approximate surface area is 152 Å². The highest BCUT2D eigenvalue weighted by molar-refractivity contribution is 5.79. The van der Waals surface area contributed by atoms with Gasteiger partial charge in [-0.05, 0) is 56.8 Å². The summed E-state index contributed by atoms with van der Waals surface area (Å²) in [6.07, 6.45) is 7.76. The van der Waals surface area contributed by atoms with Crippen LogP contribution in [-0.2, 0) is 4.79 Å². The summed E-state index contributed by atoms with van der Waals surface area (Å²) in [7, 11) is 0. The van der Waals surface area contributed by atoms with Crippen LogP contribution < -0.4 is 5.32 Å². The lowest BCUT2D eigenvalue weighted by Gasteiger charge is -2.35. The summed E-state index contributed by atoms with van der Waals surface area (Å²) >= 11 is 0. The number of carbonyl (C=O) groups is 1. The zero-order valence-electron chi connectivity index (χ0n) is 17.7. The van der Waals surface area contributed by atoms with Gasteiger partial charge in [0.05, 0.1) is 6.10 Å². The van der Waals surface area contributed by atoms with E-state index in [9.17, 15) is 9.90 Å². The fourth-order valence-electron chi connectivity index (χ4n) is 3.20. The molecule has 0 atom stereocenters. The Morgan fingerprint density at radius 1 is 0.833 bits per heavy atom. The molecule has 0 aromatic carbocycles. The molecule has 0 aliphatic heterocycles. The predicted octanol–water partition coefficient (Wildman–Crippen LogP) is 5.70. The van der Waals surface area contributed by atoms with Crippen molar-refractivity contribution in [3.8, 4) is 0 Å². The summed E-state index contributed by atoms with van der Waals surface area (Å²) in [6, 6.07) is 0.386. The first-order valence-corrected chi connectivity index (χ1v) is 10.4. The number of hydrogen-bond donors (Lipinski definition) is 2. The molecule has 2 rings (SSSR count). The highest BCUT2D eigenvalue weighted by atomic mass is 16.3. The number of amides is 1. The van der Waals surface area contributed by atoms with Gasteiger partial charge in [0, 0.05) is 12.0 Å². The zero-order valence-corrected chi connectivity index (χ0v) is 17.7. The molecule has 0 saturated heterocycles. The van der Waals surface area contributed by atoms with Gasteiger partial charge in [-0.2, -0.15) is 0 Å². The average Bonchev–Trinajstić information content (AvgIpc) is 2.62. The fraction of sp³-hybridized carbons (Fsp3) is 0.952. The topological polar surface area (TPSA) is 49.3 Å². The molecule has 2 N–H and O–H groups in total. The van der Waals surface area contributed by atoms with Crippen molar-refractivity contribution >= 4 is 5.91 Å². The molecular weight excluding hydrogens is 298 g/mol. The van der Waals surface area contributed by atoms with Gasteiger partial charge in [0.25, 0.3) is 0 Å². The van der Waals surface area contributed by atoms with E-state index in [1.165, 1.54) is 12.8 Å². The molecule has 0 heterocycles. The van der Waals surface area contributed by atoms with Crippen LogP contribution in [-0.4, -0.2) is 23.2 Å². The largest absolute Gasteiger partial charge is 0.393 e. The third-order valence-electron chi connectivity index (χ3n) is 4.75. The van der Waals surface area contributed by atoms with Crippen LogP contribution in [0.3, 0.4) is 0 Å². The van der Waals surface area contributed by atoms with E-state index in [2.05, 4.69) is 19.2 Å². The minimum absolute atomic E-state index is 0.142. The molecule has 0 bridgehead atoms. The smallest absolute Gasteiger partial charge is 0.223 e. The summed E-state index contributed by atoms with van der Waals surface area (Å²) in [4.78, 5) is 12.1. The van der Waals surface area contributed by atoms with Crippen LogP contribution in [0.25, 0.3) is 0 Å². The van der Waals surface area contributed by atoms with Crippen LogP contribution in [0.1, 0.15) is 107 Å². The molecule has 0 radical (unpaired) electrons.